The maximum absolute atomic E-state index is 13.9. The van der Waals surface area contributed by atoms with Crippen LogP contribution >= 0.6 is 0 Å². The molecule has 2 aromatic rings. The second-order valence-electron chi connectivity index (χ2n) is 16.4. The summed E-state index contributed by atoms with van der Waals surface area (Å²) >= 11 is 0. The van der Waals surface area contributed by atoms with E-state index in [1.807, 2.05) is 69.2 Å². The number of rotatable bonds is 20. The maximum atomic E-state index is 13.9. The number of hydrogen-bond donors (Lipinski definition) is 6. The molecule has 56 heavy (non-hydrogen) atoms. The minimum atomic E-state index is -1.29. The Morgan fingerprint density at radius 3 is 1.38 bits per heavy atom. The Bertz CT molecular complexity index is 1760. The molecule has 304 valence electrons. The Morgan fingerprint density at radius 2 is 1.00 bits per heavy atom. The minimum Gasteiger partial charge on any atom is -0.344 e. The highest BCUT2D eigenvalue weighted by Gasteiger charge is 2.36. The molecule has 0 aromatic heterocycles. The first-order valence-corrected chi connectivity index (χ1v) is 18.8. The van der Waals surface area contributed by atoms with Crippen molar-refractivity contribution in [2.24, 2.45) is 11.8 Å². The van der Waals surface area contributed by atoms with E-state index in [0.29, 0.717) is 11.1 Å². The predicted molar refractivity (Wildman–Crippen MR) is 212 cm³/mol. The van der Waals surface area contributed by atoms with Crippen LogP contribution in [0, 0.1) is 11.8 Å². The highest BCUT2D eigenvalue weighted by molar-refractivity contribution is 6.48. The Labute approximate surface area is 329 Å². The predicted octanol–water partition coefficient (Wildman–Crippen LogP) is 3.28. The molecular weight excluding hydrogens is 716 g/mol. The summed E-state index contributed by atoms with van der Waals surface area (Å²) in [5.41, 5.74) is 10.4. The number of ketones is 4. The summed E-state index contributed by atoms with van der Waals surface area (Å²) in [7, 11) is 0. The van der Waals surface area contributed by atoms with E-state index in [9.17, 15) is 28.8 Å². The van der Waals surface area contributed by atoms with Crippen molar-refractivity contribution in [1.29, 1.82) is 0 Å². The van der Waals surface area contributed by atoms with Crippen LogP contribution in [0.4, 0.5) is 0 Å². The third-order valence-corrected chi connectivity index (χ3v) is 8.40. The van der Waals surface area contributed by atoms with Crippen LogP contribution in [-0.2, 0) is 51.3 Å². The van der Waals surface area contributed by atoms with Crippen molar-refractivity contribution in [3.8, 4) is 0 Å². The molecule has 14 heteroatoms. The summed E-state index contributed by atoms with van der Waals surface area (Å²) in [6.45, 7) is 18.2. The largest absolute Gasteiger partial charge is 0.344 e. The molecule has 0 fully saturated rings. The number of carbonyl (C=O) groups is 6. The highest BCUT2D eigenvalue weighted by atomic mass is 16.7. The number of hydrogen-bond acceptors (Lipinski definition) is 12. The molecule has 0 spiro atoms. The first-order chi connectivity index (χ1) is 26.2. The lowest BCUT2D eigenvalue weighted by atomic mass is 9.94. The number of benzene rings is 2. The molecule has 6 N–H and O–H groups in total. The van der Waals surface area contributed by atoms with Crippen LogP contribution in [0.1, 0.15) is 80.4 Å². The molecule has 0 radical (unpaired) electrons. The Morgan fingerprint density at radius 1 is 0.607 bits per heavy atom. The van der Waals surface area contributed by atoms with Gasteiger partial charge in [-0.15, -0.1) is 0 Å². The summed E-state index contributed by atoms with van der Waals surface area (Å²) in [5, 5.41) is 5.46. The molecular formula is C42H58N6O8. The molecule has 0 saturated heterocycles. The highest BCUT2D eigenvalue weighted by Crippen LogP contribution is 2.16. The third-order valence-electron chi connectivity index (χ3n) is 8.40. The van der Waals surface area contributed by atoms with Crippen LogP contribution in [-0.4, -0.2) is 70.3 Å². The molecule has 3 rings (SSSR count). The van der Waals surface area contributed by atoms with E-state index in [2.05, 4.69) is 32.4 Å². The van der Waals surface area contributed by atoms with Gasteiger partial charge >= 0.3 is 0 Å². The van der Waals surface area contributed by atoms with Gasteiger partial charge in [-0.05, 0) is 70.6 Å². The third kappa shape index (κ3) is 14.2. The molecule has 2 amide bonds. The molecule has 14 nitrogen and oxygen atoms in total. The van der Waals surface area contributed by atoms with Gasteiger partial charge in [0.2, 0.25) is 34.9 Å². The van der Waals surface area contributed by atoms with Gasteiger partial charge in [0, 0.05) is 24.6 Å². The van der Waals surface area contributed by atoms with Crippen molar-refractivity contribution >= 4 is 34.9 Å². The lowest BCUT2D eigenvalue weighted by Crippen LogP contribution is -2.55. The average molecular weight is 775 g/mol. The van der Waals surface area contributed by atoms with E-state index in [0.717, 1.165) is 6.08 Å². The molecule has 4 atom stereocenters. The van der Waals surface area contributed by atoms with Gasteiger partial charge in [-0.3, -0.25) is 43.9 Å². The number of amides is 2. The lowest BCUT2D eigenvalue weighted by molar-refractivity contribution is -0.142. The zero-order chi connectivity index (χ0) is 41.8. The van der Waals surface area contributed by atoms with Crippen LogP contribution in [0.5, 0.6) is 0 Å². The smallest absolute Gasteiger partial charge is 0.248 e. The first-order valence-electron chi connectivity index (χ1n) is 18.8. The normalized spacial score (nSPS) is 15.3. The Kier molecular flexibility index (Phi) is 16.4. The van der Waals surface area contributed by atoms with Gasteiger partial charge in [0.15, 0.2) is 0 Å². The van der Waals surface area contributed by atoms with Gasteiger partial charge in [0.1, 0.15) is 17.8 Å². The Hall–Kier alpha value is -5.02. The second-order valence-corrected chi connectivity index (χ2v) is 16.4. The number of carbonyl (C=O) groups excluding carboxylic acids is 6. The summed E-state index contributed by atoms with van der Waals surface area (Å²) < 4.78 is 0. The van der Waals surface area contributed by atoms with E-state index in [-0.39, 0.29) is 35.9 Å². The van der Waals surface area contributed by atoms with Crippen LogP contribution in [0.3, 0.4) is 0 Å². The first kappa shape index (κ1) is 45.4. The lowest BCUT2D eigenvalue weighted by Gasteiger charge is -2.28. The van der Waals surface area contributed by atoms with Crippen LogP contribution in [0.25, 0.3) is 0 Å². The standard InChI is InChI=1S/C42H58N6O8/c1-25(2)33(47-55-41(5,6)7)39(53)44-30(21-27-17-13-11-14-18-27)36(50)35(49)29-23-32(46-43-24-29)38(52)37(51)31(22-28-19-15-12-16-20-28)45-40(54)34(26(3)4)48-56-42(8,9)10/h11-20,23-26,30-31,33-34,43,46-48H,21-22H2,1-10H3,(H,44,53)(H,45,54)/t30-,31-,33-,34-/m0/s1. The summed E-state index contributed by atoms with van der Waals surface area (Å²) in [4.78, 5) is 93.9. The van der Waals surface area contributed by atoms with Crippen molar-refractivity contribution in [3.63, 3.8) is 0 Å². The molecule has 0 bridgehead atoms. The van der Waals surface area contributed by atoms with Crippen molar-refractivity contribution in [3.05, 3.63) is 95.3 Å². The average Bonchev–Trinajstić information content (AvgIpc) is 3.12. The maximum Gasteiger partial charge on any atom is 0.248 e. The van der Waals surface area contributed by atoms with Gasteiger partial charge in [0.05, 0.1) is 23.3 Å². The van der Waals surface area contributed by atoms with Gasteiger partial charge in [-0.2, -0.15) is 11.0 Å². The van der Waals surface area contributed by atoms with Crippen LogP contribution in [0.2, 0.25) is 0 Å². The van der Waals surface area contributed by atoms with Gasteiger partial charge in [0.25, 0.3) is 0 Å². The molecule has 2 aromatic carbocycles. The fraction of sp³-hybridized carbons (Fsp3) is 0.476. The van der Waals surface area contributed by atoms with Crippen molar-refractivity contribution in [2.45, 2.75) is 117 Å². The van der Waals surface area contributed by atoms with E-state index in [1.54, 1.807) is 60.7 Å². The second kappa shape index (κ2) is 20.2. The van der Waals surface area contributed by atoms with Crippen molar-refractivity contribution < 1.29 is 38.4 Å². The van der Waals surface area contributed by atoms with Crippen LogP contribution < -0.4 is 32.4 Å². The van der Waals surface area contributed by atoms with Crippen molar-refractivity contribution in [1.82, 2.24) is 32.4 Å². The molecule has 1 aliphatic rings. The summed E-state index contributed by atoms with van der Waals surface area (Å²) in [6.07, 6.45) is 2.29. The summed E-state index contributed by atoms with van der Waals surface area (Å²) in [5.74, 6) is -5.53. The fourth-order valence-electron chi connectivity index (χ4n) is 5.38. The number of hydrazine groups is 1. The number of hydroxylamine groups is 2. The molecule has 1 aliphatic heterocycles. The summed E-state index contributed by atoms with van der Waals surface area (Å²) in [6, 6.07) is 13.5. The number of nitrogens with one attached hydrogen (secondary N) is 6. The van der Waals surface area contributed by atoms with Crippen LogP contribution in [0.15, 0.2) is 84.2 Å². The van der Waals surface area contributed by atoms with Gasteiger partial charge in [-0.1, -0.05) is 88.4 Å². The van der Waals surface area contributed by atoms with Crippen molar-refractivity contribution in [2.75, 3.05) is 0 Å². The fourth-order valence-corrected chi connectivity index (χ4v) is 5.38. The van der Waals surface area contributed by atoms with E-state index in [4.69, 9.17) is 9.68 Å². The quantitative estimate of drug-likeness (QED) is 0.0852. The van der Waals surface area contributed by atoms with E-state index < -0.39 is 70.3 Å². The zero-order valence-electron chi connectivity index (χ0n) is 34.1. The SMILES string of the molecule is CC(C)[C@H](NOC(C)(C)C)C(=O)N[C@@H](Cc1ccccc1)C(=O)C(=O)C1=CNNC(C(=O)C(=O)[C@H](Cc2ccccc2)NC(=O)[C@@H](NOC(C)(C)C)C(C)C)=C1. The zero-order valence-corrected chi connectivity index (χ0v) is 34.1. The van der Waals surface area contributed by atoms with Gasteiger partial charge < -0.3 is 16.1 Å². The van der Waals surface area contributed by atoms with Gasteiger partial charge in [-0.25, -0.2) is 0 Å². The number of allylic oxidation sites excluding steroid dienone is 3. The minimum absolute atomic E-state index is 0.00290. The molecule has 0 unspecified atom stereocenters. The topological polar surface area (TPSA) is 193 Å². The Balaban J connectivity index is 1.88. The molecule has 0 aliphatic carbocycles. The van der Waals surface area contributed by atoms with E-state index >= 15 is 0 Å². The molecule has 0 saturated carbocycles. The monoisotopic (exact) mass is 774 g/mol. The molecule has 1 heterocycles. The van der Waals surface area contributed by atoms with E-state index in [1.165, 1.54) is 6.20 Å². The number of Topliss-reactive ketones (excluding diaryl/α,β-unsaturated/α-hetero) is 4.